The summed E-state index contributed by atoms with van der Waals surface area (Å²) in [6.07, 6.45) is 3.55. The Morgan fingerprint density at radius 2 is 2.60 bits per heavy atom. The maximum Gasteiger partial charge on any atom is 0.106 e. The molecule has 0 saturated heterocycles. The number of nitrogens with two attached hydrogens (primary N) is 1. The summed E-state index contributed by atoms with van der Waals surface area (Å²) in [6, 6.07) is 0. The van der Waals surface area contributed by atoms with Gasteiger partial charge >= 0.3 is 0 Å². The third kappa shape index (κ3) is 1.41. The average Bonchev–Trinajstić information content (AvgIpc) is 1.94. The first-order valence-electron chi connectivity index (χ1n) is 3.15. The quantitative estimate of drug-likeness (QED) is 0.456. The molecule has 0 fully saturated rings. The molecule has 1 aliphatic heterocycles. The van der Waals surface area contributed by atoms with Crippen molar-refractivity contribution >= 4 is 0 Å². The fraction of sp³-hybridized carbons (Fsp3) is 0.286. The summed E-state index contributed by atoms with van der Waals surface area (Å²) in [5, 5.41) is 5.87. The summed E-state index contributed by atoms with van der Waals surface area (Å²) in [7, 11) is 1.88. The normalized spacial score (nSPS) is 15.7. The van der Waals surface area contributed by atoms with Gasteiger partial charge in [-0.2, -0.15) is 0 Å². The summed E-state index contributed by atoms with van der Waals surface area (Å²) < 4.78 is 0. The lowest BCUT2D eigenvalue weighted by Crippen LogP contribution is -2.22. The first kappa shape index (κ1) is 6.93. The molecule has 0 bridgehead atoms. The lowest BCUT2D eigenvalue weighted by atomic mass is 10.2. The summed E-state index contributed by atoms with van der Waals surface area (Å²) in [6.45, 7) is 0.777. The molecule has 0 aliphatic carbocycles. The number of likely N-dealkylation sites (N-methyl/N-ethyl adjacent to an activating group) is 1. The second-order valence-electron chi connectivity index (χ2n) is 2.07. The lowest BCUT2D eigenvalue weighted by molar-refractivity contribution is 0.858. The molecule has 0 spiro atoms. The van der Waals surface area contributed by atoms with Crippen molar-refractivity contribution in [2.75, 3.05) is 13.6 Å². The van der Waals surface area contributed by atoms with Gasteiger partial charge in [-0.15, -0.1) is 5.73 Å². The van der Waals surface area contributed by atoms with Crippen molar-refractivity contribution in [1.29, 1.82) is 0 Å². The van der Waals surface area contributed by atoms with Crippen molar-refractivity contribution in [2.24, 2.45) is 5.73 Å². The molecule has 0 unspecified atom stereocenters. The molecule has 4 N–H and O–H groups in total. The minimum Gasteiger partial charge on any atom is -0.385 e. The zero-order valence-electron chi connectivity index (χ0n) is 5.94. The summed E-state index contributed by atoms with van der Waals surface area (Å²) in [5.74, 6) is 0.702. The molecule has 3 nitrogen and oxygen atoms in total. The molecular formula is C7H11N3. The van der Waals surface area contributed by atoms with Gasteiger partial charge in [0, 0.05) is 18.3 Å². The first-order chi connectivity index (χ1) is 4.84. The predicted octanol–water partition coefficient (Wildman–Crippen LogP) is -0.352. The SMILES string of the molecule is CNCC1=C(N)NC=C=C1. The van der Waals surface area contributed by atoms with Crippen molar-refractivity contribution < 1.29 is 0 Å². The van der Waals surface area contributed by atoms with Crippen LogP contribution >= 0.6 is 0 Å². The van der Waals surface area contributed by atoms with E-state index in [1.807, 2.05) is 13.1 Å². The van der Waals surface area contributed by atoms with Gasteiger partial charge in [0.1, 0.15) is 5.82 Å². The van der Waals surface area contributed by atoms with E-state index in [-0.39, 0.29) is 0 Å². The molecule has 0 radical (unpaired) electrons. The van der Waals surface area contributed by atoms with Crippen LogP contribution in [-0.2, 0) is 0 Å². The average molecular weight is 137 g/mol. The van der Waals surface area contributed by atoms with Gasteiger partial charge in [0.2, 0.25) is 0 Å². The molecule has 0 aromatic carbocycles. The topological polar surface area (TPSA) is 50.1 Å². The van der Waals surface area contributed by atoms with E-state index in [0.717, 1.165) is 12.1 Å². The largest absolute Gasteiger partial charge is 0.385 e. The standard InChI is InChI=1S/C7H11N3/c1-9-5-6-3-2-4-10-7(6)8/h3-4,9-10H,5,8H2,1H3. The monoisotopic (exact) mass is 137 g/mol. The highest BCUT2D eigenvalue weighted by Gasteiger charge is 1.98. The molecule has 1 rings (SSSR count). The molecular weight excluding hydrogens is 126 g/mol. The zero-order chi connectivity index (χ0) is 7.40. The van der Waals surface area contributed by atoms with Crippen LogP contribution in [0.15, 0.2) is 29.4 Å². The zero-order valence-corrected chi connectivity index (χ0v) is 5.94. The Kier molecular flexibility index (Phi) is 2.15. The van der Waals surface area contributed by atoms with Crippen molar-refractivity contribution in [1.82, 2.24) is 10.6 Å². The van der Waals surface area contributed by atoms with E-state index < -0.39 is 0 Å². The second-order valence-corrected chi connectivity index (χ2v) is 2.07. The van der Waals surface area contributed by atoms with Crippen LogP contribution in [0.3, 0.4) is 0 Å². The number of rotatable bonds is 2. The maximum atomic E-state index is 5.59. The predicted molar refractivity (Wildman–Crippen MR) is 40.9 cm³/mol. The summed E-state index contributed by atoms with van der Waals surface area (Å²) in [4.78, 5) is 0. The lowest BCUT2D eigenvalue weighted by Gasteiger charge is -2.08. The Balaban J connectivity index is 2.70. The smallest absolute Gasteiger partial charge is 0.106 e. The van der Waals surface area contributed by atoms with E-state index in [2.05, 4.69) is 16.4 Å². The molecule has 0 amide bonds. The van der Waals surface area contributed by atoms with Crippen LogP contribution in [0.4, 0.5) is 0 Å². The molecule has 0 aromatic rings. The molecule has 0 saturated carbocycles. The Morgan fingerprint density at radius 3 is 3.20 bits per heavy atom. The number of nitrogens with one attached hydrogen (secondary N) is 2. The van der Waals surface area contributed by atoms with Gasteiger partial charge in [-0.05, 0) is 13.1 Å². The van der Waals surface area contributed by atoms with Crippen LogP contribution in [0.1, 0.15) is 0 Å². The second kappa shape index (κ2) is 3.11. The minimum atomic E-state index is 0.702. The Hall–Kier alpha value is -1.18. The van der Waals surface area contributed by atoms with E-state index in [9.17, 15) is 0 Å². The van der Waals surface area contributed by atoms with Crippen LogP contribution in [0.2, 0.25) is 0 Å². The van der Waals surface area contributed by atoms with Crippen LogP contribution in [0, 0.1) is 0 Å². The fourth-order valence-electron chi connectivity index (χ4n) is 0.769. The van der Waals surface area contributed by atoms with Crippen molar-refractivity contribution in [3.05, 3.63) is 29.4 Å². The van der Waals surface area contributed by atoms with Crippen LogP contribution in [0.25, 0.3) is 0 Å². The van der Waals surface area contributed by atoms with E-state index in [4.69, 9.17) is 5.73 Å². The van der Waals surface area contributed by atoms with Crippen LogP contribution < -0.4 is 16.4 Å². The van der Waals surface area contributed by atoms with Gasteiger partial charge in [-0.1, -0.05) is 0 Å². The van der Waals surface area contributed by atoms with Gasteiger partial charge in [0.15, 0.2) is 0 Å². The fourth-order valence-corrected chi connectivity index (χ4v) is 0.769. The van der Waals surface area contributed by atoms with E-state index in [0.29, 0.717) is 5.82 Å². The summed E-state index contributed by atoms with van der Waals surface area (Å²) >= 11 is 0. The number of hydrogen-bond acceptors (Lipinski definition) is 3. The van der Waals surface area contributed by atoms with E-state index >= 15 is 0 Å². The molecule has 1 heterocycles. The third-order valence-corrected chi connectivity index (χ3v) is 1.28. The molecule has 0 atom stereocenters. The number of hydrogen-bond donors (Lipinski definition) is 3. The highest BCUT2D eigenvalue weighted by atomic mass is 15.0. The molecule has 0 aromatic heterocycles. The maximum absolute atomic E-state index is 5.59. The first-order valence-corrected chi connectivity index (χ1v) is 3.15. The Labute approximate surface area is 60.3 Å². The molecule has 10 heavy (non-hydrogen) atoms. The van der Waals surface area contributed by atoms with Crippen LogP contribution in [0.5, 0.6) is 0 Å². The van der Waals surface area contributed by atoms with Gasteiger partial charge in [-0.25, -0.2) is 0 Å². The van der Waals surface area contributed by atoms with Gasteiger partial charge < -0.3 is 16.4 Å². The molecule has 54 valence electrons. The molecule has 1 aliphatic rings. The Bertz CT molecular complexity index is 209. The minimum absolute atomic E-state index is 0.702. The highest BCUT2D eigenvalue weighted by molar-refractivity contribution is 5.28. The summed E-state index contributed by atoms with van der Waals surface area (Å²) in [5.41, 5.74) is 9.55. The Morgan fingerprint density at radius 1 is 1.80 bits per heavy atom. The van der Waals surface area contributed by atoms with Crippen LogP contribution in [-0.4, -0.2) is 13.6 Å². The van der Waals surface area contributed by atoms with Crippen molar-refractivity contribution in [2.45, 2.75) is 0 Å². The van der Waals surface area contributed by atoms with Gasteiger partial charge in [0.05, 0.1) is 0 Å². The molecule has 3 heteroatoms. The van der Waals surface area contributed by atoms with E-state index in [1.165, 1.54) is 0 Å². The van der Waals surface area contributed by atoms with Crippen molar-refractivity contribution in [3.63, 3.8) is 0 Å². The van der Waals surface area contributed by atoms with Gasteiger partial charge in [-0.3, -0.25) is 0 Å². The third-order valence-electron chi connectivity index (χ3n) is 1.28. The van der Waals surface area contributed by atoms with E-state index in [1.54, 1.807) is 6.20 Å². The van der Waals surface area contributed by atoms with Gasteiger partial charge in [0.25, 0.3) is 0 Å². The highest BCUT2D eigenvalue weighted by Crippen LogP contribution is 1.99. The van der Waals surface area contributed by atoms with Crippen molar-refractivity contribution in [3.8, 4) is 0 Å².